The van der Waals surface area contributed by atoms with Gasteiger partial charge in [0.1, 0.15) is 0 Å². The molecule has 0 saturated carbocycles. The molecule has 0 amide bonds. The fourth-order valence-electron chi connectivity index (χ4n) is 0.825. The van der Waals surface area contributed by atoms with Gasteiger partial charge in [-0.2, -0.15) is 0 Å². The Kier molecular flexibility index (Phi) is 12.2. The second-order valence-corrected chi connectivity index (χ2v) is 2.59. The average molecular weight is 169 g/mol. The zero-order chi connectivity index (χ0) is 9.98. The van der Waals surface area contributed by atoms with Crippen molar-refractivity contribution in [2.75, 3.05) is 6.54 Å². The van der Waals surface area contributed by atoms with Crippen LogP contribution in [0.15, 0.2) is 23.8 Å². The summed E-state index contributed by atoms with van der Waals surface area (Å²) in [6, 6.07) is 0. The van der Waals surface area contributed by atoms with Crippen molar-refractivity contribution in [2.24, 2.45) is 11.7 Å². The van der Waals surface area contributed by atoms with Gasteiger partial charge in [-0.1, -0.05) is 45.9 Å². The smallest absolute Gasteiger partial charge is 0.0112 e. The Morgan fingerprint density at radius 3 is 2.08 bits per heavy atom. The van der Waals surface area contributed by atoms with E-state index in [1.54, 1.807) is 0 Å². The van der Waals surface area contributed by atoms with E-state index in [0.29, 0.717) is 12.5 Å². The molecule has 0 radical (unpaired) electrons. The Hall–Kier alpha value is -0.560. The number of hydrogen-bond donors (Lipinski definition) is 1. The first kappa shape index (κ1) is 14.0. The Labute approximate surface area is 77.4 Å². The molecule has 72 valence electrons. The SMILES string of the molecule is C/C=C\C(=C/CN)C(C)C.CC. The molecule has 0 bridgehead atoms. The zero-order valence-corrected chi connectivity index (χ0v) is 9.09. The van der Waals surface area contributed by atoms with Gasteiger partial charge in [-0.3, -0.25) is 0 Å². The summed E-state index contributed by atoms with van der Waals surface area (Å²) in [7, 11) is 0. The average Bonchev–Trinajstić information content (AvgIpc) is 2.08. The maximum absolute atomic E-state index is 5.39. The van der Waals surface area contributed by atoms with Gasteiger partial charge in [-0.15, -0.1) is 0 Å². The summed E-state index contributed by atoms with van der Waals surface area (Å²) in [5, 5.41) is 0. The highest BCUT2D eigenvalue weighted by Gasteiger charge is 1.95. The maximum atomic E-state index is 5.39. The molecule has 12 heavy (non-hydrogen) atoms. The van der Waals surface area contributed by atoms with Crippen molar-refractivity contribution < 1.29 is 0 Å². The lowest BCUT2D eigenvalue weighted by molar-refractivity contribution is 0.786. The third-order valence-corrected chi connectivity index (χ3v) is 1.38. The Morgan fingerprint density at radius 1 is 1.33 bits per heavy atom. The predicted molar refractivity (Wildman–Crippen MR) is 58.1 cm³/mol. The summed E-state index contributed by atoms with van der Waals surface area (Å²) in [5.74, 6) is 0.583. The molecule has 0 aliphatic heterocycles. The summed E-state index contributed by atoms with van der Waals surface area (Å²) >= 11 is 0. The first-order chi connectivity index (χ1) is 5.72. The molecule has 0 saturated heterocycles. The van der Waals surface area contributed by atoms with Crippen molar-refractivity contribution >= 4 is 0 Å². The van der Waals surface area contributed by atoms with E-state index in [9.17, 15) is 0 Å². The predicted octanol–water partition coefficient (Wildman–Crippen LogP) is 3.13. The van der Waals surface area contributed by atoms with Gasteiger partial charge in [0, 0.05) is 6.54 Å². The summed E-state index contributed by atoms with van der Waals surface area (Å²) in [5.41, 5.74) is 6.71. The number of rotatable bonds is 3. The van der Waals surface area contributed by atoms with Crippen LogP contribution >= 0.6 is 0 Å². The van der Waals surface area contributed by atoms with Crippen LogP contribution in [0.1, 0.15) is 34.6 Å². The molecular weight excluding hydrogens is 146 g/mol. The molecule has 0 fully saturated rings. The highest BCUT2D eigenvalue weighted by Crippen LogP contribution is 2.09. The molecule has 0 rings (SSSR count). The van der Waals surface area contributed by atoms with E-state index < -0.39 is 0 Å². The minimum atomic E-state index is 0.583. The Bertz CT molecular complexity index is 132. The lowest BCUT2D eigenvalue weighted by Crippen LogP contribution is -1.98. The van der Waals surface area contributed by atoms with E-state index in [2.05, 4.69) is 26.0 Å². The molecule has 0 aromatic carbocycles. The van der Waals surface area contributed by atoms with Crippen LogP contribution in [0.3, 0.4) is 0 Å². The Morgan fingerprint density at radius 2 is 1.83 bits per heavy atom. The molecule has 0 atom stereocenters. The van der Waals surface area contributed by atoms with Crippen LogP contribution in [0.2, 0.25) is 0 Å². The van der Waals surface area contributed by atoms with Crippen molar-refractivity contribution in [3.05, 3.63) is 23.8 Å². The van der Waals surface area contributed by atoms with Crippen molar-refractivity contribution in [2.45, 2.75) is 34.6 Å². The van der Waals surface area contributed by atoms with Gasteiger partial charge in [0.25, 0.3) is 0 Å². The lowest BCUT2D eigenvalue weighted by Gasteiger charge is -2.04. The normalized spacial score (nSPS) is 11.8. The topological polar surface area (TPSA) is 26.0 Å². The van der Waals surface area contributed by atoms with Crippen LogP contribution in [0.4, 0.5) is 0 Å². The fourth-order valence-corrected chi connectivity index (χ4v) is 0.825. The van der Waals surface area contributed by atoms with Gasteiger partial charge in [0.05, 0.1) is 0 Å². The number of nitrogens with two attached hydrogens (primary N) is 1. The Balaban J connectivity index is 0. The minimum absolute atomic E-state index is 0.583. The quantitative estimate of drug-likeness (QED) is 0.645. The van der Waals surface area contributed by atoms with E-state index in [4.69, 9.17) is 5.73 Å². The van der Waals surface area contributed by atoms with Gasteiger partial charge in [0.15, 0.2) is 0 Å². The summed E-state index contributed by atoms with van der Waals surface area (Å²) in [6.45, 7) is 11.0. The van der Waals surface area contributed by atoms with Crippen molar-refractivity contribution in [1.82, 2.24) is 0 Å². The molecule has 0 aromatic heterocycles. The molecule has 0 unspecified atom stereocenters. The molecule has 1 heteroatoms. The molecule has 0 aliphatic rings. The third kappa shape index (κ3) is 7.55. The standard InChI is InChI=1S/C9H17N.C2H6/c1-4-5-9(6-7-10)8(2)3;1-2/h4-6,8H,7,10H2,1-3H3;1-2H3/b5-4-,9-6+;. The van der Waals surface area contributed by atoms with Gasteiger partial charge in [0.2, 0.25) is 0 Å². The molecule has 2 N–H and O–H groups in total. The highest BCUT2D eigenvalue weighted by atomic mass is 14.5. The maximum Gasteiger partial charge on any atom is 0.0112 e. The van der Waals surface area contributed by atoms with E-state index in [1.165, 1.54) is 5.57 Å². The second kappa shape index (κ2) is 10.4. The van der Waals surface area contributed by atoms with Crippen LogP contribution in [-0.4, -0.2) is 6.54 Å². The third-order valence-electron chi connectivity index (χ3n) is 1.38. The summed E-state index contributed by atoms with van der Waals surface area (Å²) < 4.78 is 0. The van der Waals surface area contributed by atoms with E-state index in [-0.39, 0.29) is 0 Å². The summed E-state index contributed by atoms with van der Waals surface area (Å²) in [4.78, 5) is 0. The zero-order valence-electron chi connectivity index (χ0n) is 9.09. The lowest BCUT2D eigenvalue weighted by atomic mass is 10.0. The van der Waals surface area contributed by atoms with Crippen LogP contribution in [0.5, 0.6) is 0 Å². The fraction of sp³-hybridized carbons (Fsp3) is 0.636. The molecule has 0 spiro atoms. The van der Waals surface area contributed by atoms with Gasteiger partial charge >= 0.3 is 0 Å². The first-order valence-electron chi connectivity index (χ1n) is 4.75. The molecule has 0 aliphatic carbocycles. The molecular formula is C11H23N. The summed E-state index contributed by atoms with van der Waals surface area (Å²) in [6.07, 6.45) is 6.21. The van der Waals surface area contributed by atoms with Gasteiger partial charge < -0.3 is 5.73 Å². The minimum Gasteiger partial charge on any atom is -0.327 e. The van der Waals surface area contributed by atoms with Crippen LogP contribution < -0.4 is 5.73 Å². The highest BCUT2D eigenvalue weighted by molar-refractivity contribution is 5.20. The van der Waals surface area contributed by atoms with Crippen LogP contribution in [0.25, 0.3) is 0 Å². The molecule has 1 nitrogen and oxygen atoms in total. The molecule has 0 aromatic rings. The number of allylic oxidation sites excluding steroid dienone is 3. The number of hydrogen-bond acceptors (Lipinski definition) is 1. The monoisotopic (exact) mass is 169 g/mol. The van der Waals surface area contributed by atoms with Crippen molar-refractivity contribution in [3.8, 4) is 0 Å². The van der Waals surface area contributed by atoms with Gasteiger partial charge in [-0.25, -0.2) is 0 Å². The van der Waals surface area contributed by atoms with E-state index in [0.717, 1.165) is 0 Å². The van der Waals surface area contributed by atoms with Crippen molar-refractivity contribution in [3.63, 3.8) is 0 Å². The largest absolute Gasteiger partial charge is 0.327 e. The van der Waals surface area contributed by atoms with E-state index >= 15 is 0 Å². The van der Waals surface area contributed by atoms with Gasteiger partial charge in [-0.05, 0) is 18.4 Å². The van der Waals surface area contributed by atoms with E-state index in [1.807, 2.05) is 26.8 Å². The van der Waals surface area contributed by atoms with Crippen LogP contribution in [0, 0.1) is 5.92 Å². The molecule has 0 heterocycles. The second-order valence-electron chi connectivity index (χ2n) is 2.59. The van der Waals surface area contributed by atoms with Crippen molar-refractivity contribution in [1.29, 1.82) is 0 Å². The van der Waals surface area contributed by atoms with Crippen LogP contribution in [-0.2, 0) is 0 Å². The first-order valence-corrected chi connectivity index (χ1v) is 4.75.